The minimum atomic E-state index is -0.349. The van der Waals surface area contributed by atoms with E-state index in [4.69, 9.17) is 23.7 Å². The van der Waals surface area contributed by atoms with E-state index in [1.54, 1.807) is 26.4 Å². The summed E-state index contributed by atoms with van der Waals surface area (Å²) in [6.07, 6.45) is 0. The van der Waals surface area contributed by atoms with Crippen molar-refractivity contribution in [3.05, 3.63) is 83.4 Å². The van der Waals surface area contributed by atoms with Crippen molar-refractivity contribution in [2.24, 2.45) is 0 Å². The summed E-state index contributed by atoms with van der Waals surface area (Å²) in [6.45, 7) is 3.07. The lowest BCUT2D eigenvalue weighted by Gasteiger charge is -2.43. The van der Waals surface area contributed by atoms with Crippen LogP contribution in [0.25, 0.3) is 0 Å². The van der Waals surface area contributed by atoms with Gasteiger partial charge in [-0.05, 0) is 41.5 Å². The molecule has 1 N–H and O–H groups in total. The molecule has 0 saturated carbocycles. The highest BCUT2D eigenvalue weighted by Crippen LogP contribution is 2.50. The number of phenols is 1. The van der Waals surface area contributed by atoms with E-state index in [0.29, 0.717) is 12.4 Å². The van der Waals surface area contributed by atoms with Crippen LogP contribution in [-0.2, 0) is 14.9 Å². The molecule has 0 unspecified atom stereocenters. The van der Waals surface area contributed by atoms with E-state index in [0.717, 1.165) is 28.2 Å². The van der Waals surface area contributed by atoms with E-state index in [-0.39, 0.29) is 30.7 Å². The number of rotatable bonds is 8. The van der Waals surface area contributed by atoms with Gasteiger partial charge >= 0.3 is 0 Å². The van der Waals surface area contributed by atoms with Gasteiger partial charge in [0, 0.05) is 37.2 Å². The average Bonchev–Trinajstić information content (AvgIpc) is 2.82. The van der Waals surface area contributed by atoms with Crippen molar-refractivity contribution in [3.8, 4) is 23.0 Å². The van der Waals surface area contributed by atoms with Gasteiger partial charge in [0.1, 0.15) is 23.0 Å². The second-order valence-corrected chi connectivity index (χ2v) is 8.06. The zero-order chi connectivity index (χ0) is 22.6. The highest BCUT2D eigenvalue weighted by molar-refractivity contribution is 5.53. The lowest BCUT2D eigenvalue weighted by Crippen LogP contribution is -2.40. The lowest BCUT2D eigenvalue weighted by atomic mass is 9.65. The molecule has 0 radical (unpaired) electrons. The van der Waals surface area contributed by atoms with Gasteiger partial charge in [-0.1, -0.05) is 37.3 Å². The molecular formula is C26H28O6. The van der Waals surface area contributed by atoms with Crippen LogP contribution in [0.3, 0.4) is 0 Å². The fourth-order valence-electron chi connectivity index (χ4n) is 4.27. The molecule has 1 heterocycles. The number of ether oxygens (including phenoxy) is 5. The number of fused-ring (bicyclic) bond motifs is 1. The molecule has 1 aliphatic heterocycles. The van der Waals surface area contributed by atoms with Crippen LogP contribution in [0.15, 0.2) is 66.7 Å². The van der Waals surface area contributed by atoms with Gasteiger partial charge in [-0.15, -0.1) is 0 Å². The Balaban J connectivity index is 1.75. The molecule has 6 heteroatoms. The Morgan fingerprint density at radius 1 is 0.875 bits per heavy atom. The molecule has 168 valence electrons. The zero-order valence-electron chi connectivity index (χ0n) is 18.5. The molecule has 0 amide bonds. The van der Waals surface area contributed by atoms with Gasteiger partial charge in [-0.2, -0.15) is 0 Å². The first-order valence-corrected chi connectivity index (χ1v) is 10.4. The Labute approximate surface area is 188 Å². The summed E-state index contributed by atoms with van der Waals surface area (Å²) < 4.78 is 27.4. The summed E-state index contributed by atoms with van der Waals surface area (Å²) in [5, 5.41) is 9.84. The van der Waals surface area contributed by atoms with Gasteiger partial charge in [0.25, 0.3) is 0 Å². The van der Waals surface area contributed by atoms with Crippen LogP contribution in [0.4, 0.5) is 0 Å². The summed E-state index contributed by atoms with van der Waals surface area (Å²) >= 11 is 0. The molecule has 0 aliphatic carbocycles. The number of benzene rings is 3. The molecule has 0 saturated heterocycles. The highest BCUT2D eigenvalue weighted by atomic mass is 16.7. The second kappa shape index (κ2) is 9.51. The van der Waals surface area contributed by atoms with Crippen molar-refractivity contribution in [2.75, 3.05) is 34.4 Å². The molecule has 0 fully saturated rings. The Morgan fingerprint density at radius 2 is 1.50 bits per heavy atom. The topological polar surface area (TPSA) is 66.4 Å². The van der Waals surface area contributed by atoms with E-state index in [1.807, 2.05) is 42.5 Å². The monoisotopic (exact) mass is 436 g/mol. The molecule has 1 aliphatic rings. The maximum absolute atomic E-state index is 9.84. The van der Waals surface area contributed by atoms with Gasteiger partial charge in [0.15, 0.2) is 13.6 Å². The maximum atomic E-state index is 9.84. The molecule has 2 atom stereocenters. The van der Waals surface area contributed by atoms with Crippen LogP contribution < -0.4 is 14.2 Å². The molecule has 32 heavy (non-hydrogen) atoms. The Hall–Kier alpha value is -3.22. The van der Waals surface area contributed by atoms with Gasteiger partial charge < -0.3 is 28.8 Å². The van der Waals surface area contributed by atoms with Crippen molar-refractivity contribution in [1.29, 1.82) is 0 Å². The fourth-order valence-corrected chi connectivity index (χ4v) is 4.27. The van der Waals surface area contributed by atoms with E-state index in [9.17, 15) is 5.11 Å². The van der Waals surface area contributed by atoms with E-state index < -0.39 is 0 Å². The van der Waals surface area contributed by atoms with Crippen molar-refractivity contribution in [1.82, 2.24) is 0 Å². The predicted molar refractivity (Wildman–Crippen MR) is 121 cm³/mol. The molecular weight excluding hydrogens is 408 g/mol. The number of hydrogen-bond donors (Lipinski definition) is 1. The van der Waals surface area contributed by atoms with Gasteiger partial charge in [0.05, 0.1) is 6.61 Å². The van der Waals surface area contributed by atoms with Crippen LogP contribution in [-0.4, -0.2) is 39.5 Å². The molecule has 3 aromatic carbocycles. The van der Waals surface area contributed by atoms with Gasteiger partial charge in [0.2, 0.25) is 0 Å². The second-order valence-electron chi connectivity index (χ2n) is 8.06. The minimum Gasteiger partial charge on any atom is -0.508 e. The molecule has 0 spiro atoms. The maximum Gasteiger partial charge on any atom is 0.188 e. The van der Waals surface area contributed by atoms with Crippen LogP contribution in [0, 0.1) is 0 Å². The molecule has 3 aromatic rings. The normalized spacial score (nSPS) is 19.7. The molecule has 4 rings (SSSR count). The lowest BCUT2D eigenvalue weighted by molar-refractivity contribution is 0.0505. The third kappa shape index (κ3) is 4.38. The fraction of sp³-hybridized carbons (Fsp3) is 0.308. The smallest absolute Gasteiger partial charge is 0.188 e. The SMILES string of the molecule is COCOc1ccc([C@@]2(C)COc3cc(OCOC)ccc3[C@H]2c2ccc(O)cc2)cc1. The molecule has 0 bridgehead atoms. The molecule has 0 aromatic heterocycles. The molecule has 6 nitrogen and oxygen atoms in total. The van der Waals surface area contributed by atoms with Gasteiger partial charge in [-0.3, -0.25) is 0 Å². The first-order valence-electron chi connectivity index (χ1n) is 10.4. The summed E-state index contributed by atoms with van der Waals surface area (Å²) in [4.78, 5) is 0. The van der Waals surface area contributed by atoms with Crippen LogP contribution >= 0.6 is 0 Å². The third-order valence-electron chi connectivity index (χ3n) is 5.89. The first kappa shape index (κ1) is 22.0. The van der Waals surface area contributed by atoms with Crippen LogP contribution in [0.1, 0.15) is 29.5 Å². The number of aromatic hydroxyl groups is 1. The standard InChI is InChI=1S/C26H28O6/c1-26(19-6-10-21(11-7-19)31-16-28-2)15-30-24-14-22(32-17-29-3)12-13-23(24)25(26)18-4-8-20(27)9-5-18/h4-14,25,27H,15-17H2,1-3H3/t25-,26-/m1/s1. The first-order chi connectivity index (χ1) is 15.5. The van der Waals surface area contributed by atoms with Crippen molar-refractivity contribution >= 4 is 0 Å². The van der Waals surface area contributed by atoms with Crippen molar-refractivity contribution < 1.29 is 28.8 Å². The summed E-state index contributed by atoms with van der Waals surface area (Å²) in [6, 6.07) is 21.3. The van der Waals surface area contributed by atoms with Crippen molar-refractivity contribution in [3.63, 3.8) is 0 Å². The average molecular weight is 437 g/mol. The number of phenolic OH excluding ortho intramolecular Hbond substituents is 1. The van der Waals surface area contributed by atoms with E-state index in [1.165, 1.54) is 0 Å². The highest BCUT2D eigenvalue weighted by Gasteiger charge is 2.43. The Kier molecular flexibility index (Phi) is 6.53. The third-order valence-corrected chi connectivity index (χ3v) is 5.89. The summed E-state index contributed by atoms with van der Waals surface area (Å²) in [7, 11) is 3.19. The quantitative estimate of drug-likeness (QED) is 0.510. The number of hydrogen-bond acceptors (Lipinski definition) is 6. The summed E-state index contributed by atoms with van der Waals surface area (Å²) in [5.74, 6) is 2.48. The zero-order valence-corrected chi connectivity index (χ0v) is 18.5. The summed E-state index contributed by atoms with van der Waals surface area (Å²) in [5.41, 5.74) is 2.94. The van der Waals surface area contributed by atoms with E-state index in [2.05, 4.69) is 19.1 Å². The van der Waals surface area contributed by atoms with Crippen LogP contribution in [0.5, 0.6) is 23.0 Å². The number of methoxy groups -OCH3 is 2. The van der Waals surface area contributed by atoms with Crippen LogP contribution in [0.2, 0.25) is 0 Å². The Morgan fingerprint density at radius 3 is 2.16 bits per heavy atom. The van der Waals surface area contributed by atoms with E-state index >= 15 is 0 Å². The minimum absolute atomic E-state index is 0.00840. The van der Waals surface area contributed by atoms with Crippen molar-refractivity contribution in [2.45, 2.75) is 18.3 Å². The largest absolute Gasteiger partial charge is 0.508 e. The van der Waals surface area contributed by atoms with Gasteiger partial charge in [-0.25, -0.2) is 0 Å². The predicted octanol–water partition coefficient (Wildman–Crippen LogP) is 4.84. The Bertz CT molecular complexity index is 1030.